The SMILES string of the molecule is COCC1(C(=O)NCCN2CCCCC2C)CCNCC1.Cl.Cl. The van der Waals surface area contributed by atoms with Crippen molar-refractivity contribution in [3.05, 3.63) is 0 Å². The van der Waals surface area contributed by atoms with E-state index in [1.807, 2.05) is 0 Å². The summed E-state index contributed by atoms with van der Waals surface area (Å²) in [4.78, 5) is 15.1. The van der Waals surface area contributed by atoms with Gasteiger partial charge in [0.1, 0.15) is 0 Å². The van der Waals surface area contributed by atoms with Gasteiger partial charge in [-0.3, -0.25) is 9.69 Å². The molecule has 2 N–H and O–H groups in total. The minimum Gasteiger partial charge on any atom is -0.384 e. The van der Waals surface area contributed by atoms with Crippen LogP contribution in [0.15, 0.2) is 0 Å². The smallest absolute Gasteiger partial charge is 0.228 e. The highest BCUT2D eigenvalue weighted by Crippen LogP contribution is 2.29. The summed E-state index contributed by atoms with van der Waals surface area (Å²) in [6.45, 7) is 7.52. The van der Waals surface area contributed by atoms with Gasteiger partial charge in [-0.15, -0.1) is 24.8 Å². The first kappa shape index (κ1) is 22.9. The summed E-state index contributed by atoms with van der Waals surface area (Å²) >= 11 is 0. The minimum absolute atomic E-state index is 0. The lowest BCUT2D eigenvalue weighted by molar-refractivity contribution is -0.136. The average Bonchev–Trinajstić information content (AvgIpc) is 2.50. The third-order valence-electron chi connectivity index (χ3n) is 5.09. The second-order valence-electron chi connectivity index (χ2n) is 6.60. The summed E-state index contributed by atoms with van der Waals surface area (Å²) in [5.41, 5.74) is -0.326. The first-order valence-corrected chi connectivity index (χ1v) is 8.40. The van der Waals surface area contributed by atoms with Gasteiger partial charge < -0.3 is 15.4 Å². The molecule has 0 aromatic heterocycles. The van der Waals surface area contributed by atoms with Gasteiger partial charge in [0, 0.05) is 26.2 Å². The summed E-state index contributed by atoms with van der Waals surface area (Å²) in [6.07, 6.45) is 5.65. The monoisotopic (exact) mass is 369 g/mol. The molecule has 2 aliphatic heterocycles. The quantitative estimate of drug-likeness (QED) is 0.749. The predicted octanol–water partition coefficient (Wildman–Crippen LogP) is 1.84. The fourth-order valence-corrected chi connectivity index (χ4v) is 3.61. The maximum absolute atomic E-state index is 12.6. The van der Waals surface area contributed by atoms with Gasteiger partial charge in [-0.05, 0) is 52.2 Å². The van der Waals surface area contributed by atoms with Crippen LogP contribution in [0, 0.1) is 5.41 Å². The van der Waals surface area contributed by atoms with Gasteiger partial charge in [0.25, 0.3) is 0 Å². The molecule has 2 fully saturated rings. The zero-order valence-electron chi connectivity index (χ0n) is 14.4. The van der Waals surface area contributed by atoms with E-state index in [1.54, 1.807) is 7.11 Å². The molecule has 5 nitrogen and oxygen atoms in total. The van der Waals surface area contributed by atoms with Crippen LogP contribution < -0.4 is 10.6 Å². The topological polar surface area (TPSA) is 53.6 Å². The molecule has 0 saturated carbocycles. The third kappa shape index (κ3) is 6.39. The number of hydrogen-bond acceptors (Lipinski definition) is 4. The van der Waals surface area contributed by atoms with Crippen LogP contribution in [0.25, 0.3) is 0 Å². The lowest BCUT2D eigenvalue weighted by Crippen LogP contribution is -2.51. The van der Waals surface area contributed by atoms with Gasteiger partial charge in [-0.25, -0.2) is 0 Å². The van der Waals surface area contributed by atoms with Crippen molar-refractivity contribution in [2.24, 2.45) is 5.41 Å². The summed E-state index contributed by atoms with van der Waals surface area (Å²) in [5.74, 6) is 0.176. The van der Waals surface area contributed by atoms with Crippen molar-refractivity contribution in [1.82, 2.24) is 15.5 Å². The van der Waals surface area contributed by atoms with Crippen LogP contribution in [0.4, 0.5) is 0 Å². The van der Waals surface area contributed by atoms with Crippen LogP contribution in [0.2, 0.25) is 0 Å². The lowest BCUT2D eigenvalue weighted by atomic mass is 9.78. The molecular weight excluding hydrogens is 337 g/mol. The van der Waals surface area contributed by atoms with Crippen LogP contribution >= 0.6 is 24.8 Å². The van der Waals surface area contributed by atoms with Crippen molar-refractivity contribution >= 4 is 30.7 Å². The summed E-state index contributed by atoms with van der Waals surface area (Å²) in [7, 11) is 1.69. The Bertz CT molecular complexity index is 334. The standard InChI is InChI=1S/C16H31N3O2.2ClH/c1-14-5-3-4-11-19(14)12-10-18-15(20)16(13-21-2)6-8-17-9-7-16;;/h14,17H,3-13H2,1-2H3,(H,18,20);2*1H. The Hall–Kier alpha value is -0.0700. The van der Waals surface area contributed by atoms with Crippen molar-refractivity contribution in [3.8, 4) is 0 Å². The molecule has 2 saturated heterocycles. The van der Waals surface area contributed by atoms with Gasteiger partial charge in [0.15, 0.2) is 0 Å². The molecule has 2 aliphatic rings. The van der Waals surface area contributed by atoms with E-state index in [9.17, 15) is 4.79 Å². The molecule has 0 aliphatic carbocycles. The van der Waals surface area contributed by atoms with E-state index in [2.05, 4.69) is 22.5 Å². The Morgan fingerprint density at radius 3 is 2.61 bits per heavy atom. The highest BCUT2D eigenvalue weighted by atomic mass is 35.5. The molecule has 23 heavy (non-hydrogen) atoms. The molecule has 2 rings (SSSR count). The highest BCUT2D eigenvalue weighted by Gasteiger charge is 2.39. The number of carbonyl (C=O) groups is 1. The number of nitrogens with one attached hydrogen (secondary N) is 2. The molecule has 1 atom stereocenters. The Kier molecular flexibility index (Phi) is 11.4. The van der Waals surface area contributed by atoms with E-state index in [4.69, 9.17) is 4.74 Å². The number of nitrogens with zero attached hydrogens (tertiary/aromatic N) is 1. The number of ether oxygens (including phenoxy) is 1. The number of halogens is 2. The molecule has 1 amide bonds. The molecule has 0 aromatic carbocycles. The minimum atomic E-state index is -0.326. The van der Waals surface area contributed by atoms with Crippen molar-refractivity contribution in [2.45, 2.75) is 45.1 Å². The summed E-state index contributed by atoms with van der Waals surface area (Å²) < 4.78 is 5.32. The molecular formula is C16H33Cl2N3O2. The van der Waals surface area contributed by atoms with E-state index >= 15 is 0 Å². The number of rotatable bonds is 6. The largest absolute Gasteiger partial charge is 0.384 e. The molecule has 0 radical (unpaired) electrons. The maximum Gasteiger partial charge on any atom is 0.228 e. The molecule has 0 aromatic rings. The van der Waals surface area contributed by atoms with Crippen LogP contribution in [0.3, 0.4) is 0 Å². The molecule has 1 unspecified atom stereocenters. The van der Waals surface area contributed by atoms with Gasteiger partial charge in [-0.2, -0.15) is 0 Å². The summed E-state index contributed by atoms with van der Waals surface area (Å²) in [5, 5.41) is 6.48. The van der Waals surface area contributed by atoms with Crippen molar-refractivity contribution < 1.29 is 9.53 Å². The Labute approximate surface area is 153 Å². The number of likely N-dealkylation sites (tertiary alicyclic amines) is 1. The predicted molar refractivity (Wildman–Crippen MR) is 98.8 cm³/mol. The number of hydrogen-bond donors (Lipinski definition) is 2. The second-order valence-corrected chi connectivity index (χ2v) is 6.60. The normalized spacial score (nSPS) is 24.2. The molecule has 0 bridgehead atoms. The van der Waals surface area contributed by atoms with Gasteiger partial charge in [-0.1, -0.05) is 6.42 Å². The van der Waals surface area contributed by atoms with Crippen LogP contribution in [0.1, 0.15) is 39.0 Å². The molecule has 0 spiro atoms. The van der Waals surface area contributed by atoms with Gasteiger partial charge >= 0.3 is 0 Å². The average molecular weight is 370 g/mol. The fourth-order valence-electron chi connectivity index (χ4n) is 3.61. The van der Waals surface area contributed by atoms with E-state index in [0.29, 0.717) is 12.6 Å². The number of methoxy groups -OCH3 is 1. The zero-order chi connectivity index (χ0) is 15.1. The van der Waals surface area contributed by atoms with E-state index in [-0.39, 0.29) is 36.1 Å². The number of carbonyl (C=O) groups excluding carboxylic acids is 1. The Morgan fingerprint density at radius 2 is 2.00 bits per heavy atom. The van der Waals surface area contributed by atoms with Crippen molar-refractivity contribution in [3.63, 3.8) is 0 Å². The van der Waals surface area contributed by atoms with Gasteiger partial charge in [0.05, 0.1) is 12.0 Å². The van der Waals surface area contributed by atoms with Crippen LogP contribution in [0.5, 0.6) is 0 Å². The molecule has 138 valence electrons. The highest BCUT2D eigenvalue weighted by molar-refractivity contribution is 5.85. The van der Waals surface area contributed by atoms with Crippen molar-refractivity contribution in [1.29, 1.82) is 0 Å². The third-order valence-corrected chi connectivity index (χ3v) is 5.09. The van der Waals surface area contributed by atoms with E-state index in [1.165, 1.54) is 25.8 Å². The second kappa shape index (κ2) is 11.5. The Balaban J connectivity index is 0.00000242. The number of piperidine rings is 2. The number of amides is 1. The first-order chi connectivity index (χ1) is 10.2. The maximum atomic E-state index is 12.6. The van der Waals surface area contributed by atoms with E-state index in [0.717, 1.165) is 39.0 Å². The van der Waals surface area contributed by atoms with Crippen molar-refractivity contribution in [2.75, 3.05) is 46.4 Å². The fraction of sp³-hybridized carbons (Fsp3) is 0.938. The van der Waals surface area contributed by atoms with Crippen LogP contribution in [-0.4, -0.2) is 63.3 Å². The van der Waals surface area contributed by atoms with Crippen LogP contribution in [-0.2, 0) is 9.53 Å². The van der Waals surface area contributed by atoms with E-state index < -0.39 is 0 Å². The first-order valence-electron chi connectivity index (χ1n) is 8.40. The molecule has 2 heterocycles. The summed E-state index contributed by atoms with van der Waals surface area (Å²) in [6, 6.07) is 0.655. The lowest BCUT2D eigenvalue weighted by Gasteiger charge is -2.36. The van der Waals surface area contributed by atoms with Gasteiger partial charge in [0.2, 0.25) is 5.91 Å². The Morgan fingerprint density at radius 1 is 1.30 bits per heavy atom. The molecule has 7 heteroatoms. The zero-order valence-corrected chi connectivity index (χ0v) is 16.1.